The summed E-state index contributed by atoms with van der Waals surface area (Å²) in [4.78, 5) is 15.2. The van der Waals surface area contributed by atoms with Crippen LogP contribution in [-0.4, -0.2) is 27.9 Å². The number of carbonyl (C=O) groups excluding carboxylic acids is 1. The molecule has 2 atom stereocenters. The number of amides is 1. The van der Waals surface area contributed by atoms with E-state index in [0.29, 0.717) is 16.9 Å². The summed E-state index contributed by atoms with van der Waals surface area (Å²) in [5, 5.41) is 4.13. The van der Waals surface area contributed by atoms with Gasteiger partial charge in [-0.25, -0.2) is 4.98 Å². The molecule has 5 heteroatoms. The third-order valence-corrected chi connectivity index (χ3v) is 4.54. The highest BCUT2D eigenvalue weighted by molar-refractivity contribution is 7.99. The fourth-order valence-electron chi connectivity index (χ4n) is 2.32. The van der Waals surface area contributed by atoms with Gasteiger partial charge in [-0.15, -0.1) is 0 Å². The average Bonchev–Trinajstić information content (AvgIpc) is 2.78. The molecule has 1 amide bonds. The van der Waals surface area contributed by atoms with Gasteiger partial charge in [0.05, 0.1) is 5.56 Å². The van der Waals surface area contributed by atoms with Crippen molar-refractivity contribution in [2.75, 3.05) is 11.1 Å². The highest BCUT2D eigenvalue weighted by atomic mass is 32.2. The molecule has 0 aliphatic heterocycles. The van der Waals surface area contributed by atoms with Gasteiger partial charge in [-0.1, -0.05) is 13.3 Å². The minimum Gasteiger partial charge on any atom is -0.366 e. The van der Waals surface area contributed by atoms with E-state index in [1.54, 1.807) is 6.07 Å². The van der Waals surface area contributed by atoms with Crippen LogP contribution in [0.4, 0.5) is 5.82 Å². The fraction of sp³-hybridized carbons (Fsp3) is 0.538. The monoisotopic (exact) mass is 265 g/mol. The van der Waals surface area contributed by atoms with Crippen molar-refractivity contribution >= 4 is 23.5 Å². The van der Waals surface area contributed by atoms with Crippen LogP contribution in [0.5, 0.6) is 0 Å². The van der Waals surface area contributed by atoms with Crippen LogP contribution in [0.1, 0.15) is 36.5 Å². The number of hydrogen-bond acceptors (Lipinski definition) is 4. The van der Waals surface area contributed by atoms with E-state index in [1.807, 2.05) is 17.8 Å². The molecule has 3 N–H and O–H groups in total. The Kier molecular flexibility index (Phi) is 4.47. The molecular formula is C13H19N3OS. The first kappa shape index (κ1) is 13.2. The summed E-state index contributed by atoms with van der Waals surface area (Å²) in [6, 6.07) is 4.03. The van der Waals surface area contributed by atoms with Crippen LogP contribution in [0, 0.1) is 0 Å². The van der Waals surface area contributed by atoms with Crippen molar-refractivity contribution in [3.05, 3.63) is 23.9 Å². The molecule has 2 unspecified atom stereocenters. The Labute approximate surface area is 112 Å². The number of nitrogens with zero attached hydrogens (tertiary/aromatic N) is 1. The van der Waals surface area contributed by atoms with E-state index in [4.69, 9.17) is 5.73 Å². The third-order valence-electron chi connectivity index (χ3n) is 3.21. The van der Waals surface area contributed by atoms with Gasteiger partial charge in [-0.05, 0) is 30.7 Å². The third kappa shape index (κ3) is 3.16. The number of anilines is 1. The molecule has 1 aromatic rings. The lowest BCUT2D eigenvalue weighted by Gasteiger charge is -2.20. The van der Waals surface area contributed by atoms with E-state index in [2.05, 4.69) is 17.2 Å². The zero-order valence-corrected chi connectivity index (χ0v) is 11.4. The van der Waals surface area contributed by atoms with Gasteiger partial charge in [0.1, 0.15) is 5.82 Å². The Morgan fingerprint density at radius 3 is 3.00 bits per heavy atom. The minimum atomic E-state index is -0.436. The predicted octanol–water partition coefficient (Wildman–Crippen LogP) is 2.27. The van der Waals surface area contributed by atoms with Crippen molar-refractivity contribution in [1.82, 2.24) is 4.98 Å². The lowest BCUT2D eigenvalue weighted by Crippen LogP contribution is -2.26. The second-order valence-corrected chi connectivity index (χ2v) is 5.99. The average molecular weight is 265 g/mol. The van der Waals surface area contributed by atoms with Gasteiger partial charge in [0.15, 0.2) is 0 Å². The van der Waals surface area contributed by atoms with Crippen molar-refractivity contribution in [3.63, 3.8) is 0 Å². The number of carbonyl (C=O) groups is 1. The summed E-state index contributed by atoms with van der Waals surface area (Å²) >= 11 is 2.01. The molecular weight excluding hydrogens is 246 g/mol. The maximum Gasteiger partial charge on any atom is 0.250 e. The quantitative estimate of drug-likeness (QED) is 0.857. The summed E-state index contributed by atoms with van der Waals surface area (Å²) < 4.78 is 0. The van der Waals surface area contributed by atoms with Crippen LogP contribution in [0.2, 0.25) is 0 Å². The molecule has 1 fully saturated rings. The van der Waals surface area contributed by atoms with Crippen LogP contribution in [0.25, 0.3) is 0 Å². The lowest BCUT2D eigenvalue weighted by molar-refractivity contribution is 0.1000. The Bertz CT molecular complexity index is 407. The molecule has 18 heavy (non-hydrogen) atoms. The molecule has 0 spiro atoms. The van der Waals surface area contributed by atoms with E-state index in [1.165, 1.54) is 25.5 Å². The topological polar surface area (TPSA) is 68.0 Å². The van der Waals surface area contributed by atoms with Crippen molar-refractivity contribution in [2.24, 2.45) is 5.73 Å². The highest BCUT2D eigenvalue weighted by Gasteiger charge is 2.27. The number of primary amides is 1. The number of pyridine rings is 1. The second-order valence-electron chi connectivity index (χ2n) is 4.47. The van der Waals surface area contributed by atoms with Gasteiger partial charge in [0.25, 0.3) is 0 Å². The molecule has 4 nitrogen and oxygen atoms in total. The Morgan fingerprint density at radius 2 is 2.39 bits per heavy atom. The highest BCUT2D eigenvalue weighted by Crippen LogP contribution is 2.31. The Hall–Kier alpha value is -1.23. The number of nitrogens with two attached hydrogens (primary N) is 1. The molecule has 0 radical (unpaired) electrons. The normalized spacial score (nSPS) is 22.9. The number of nitrogens with one attached hydrogen (secondary N) is 1. The number of aromatic nitrogens is 1. The predicted molar refractivity (Wildman–Crippen MR) is 75.9 cm³/mol. The SMILES string of the molecule is CCSC1CCCC1Nc1ccc(C(N)=O)cn1. The van der Waals surface area contributed by atoms with Crippen molar-refractivity contribution in [2.45, 2.75) is 37.5 Å². The lowest BCUT2D eigenvalue weighted by atomic mass is 10.2. The van der Waals surface area contributed by atoms with Gasteiger partial charge in [0, 0.05) is 17.5 Å². The van der Waals surface area contributed by atoms with Crippen molar-refractivity contribution in [1.29, 1.82) is 0 Å². The van der Waals surface area contributed by atoms with Crippen molar-refractivity contribution in [3.8, 4) is 0 Å². The van der Waals surface area contributed by atoms with E-state index >= 15 is 0 Å². The van der Waals surface area contributed by atoms with Crippen molar-refractivity contribution < 1.29 is 4.79 Å². The minimum absolute atomic E-state index is 0.436. The molecule has 1 aromatic heterocycles. The van der Waals surface area contributed by atoms with Crippen LogP contribution < -0.4 is 11.1 Å². The van der Waals surface area contributed by atoms with E-state index in [-0.39, 0.29) is 0 Å². The van der Waals surface area contributed by atoms with E-state index in [0.717, 1.165) is 11.6 Å². The van der Waals surface area contributed by atoms with Gasteiger partial charge in [0.2, 0.25) is 5.91 Å². The van der Waals surface area contributed by atoms with Gasteiger partial charge >= 0.3 is 0 Å². The molecule has 0 bridgehead atoms. The summed E-state index contributed by atoms with van der Waals surface area (Å²) in [6.45, 7) is 2.19. The maximum absolute atomic E-state index is 11.0. The Morgan fingerprint density at radius 1 is 1.56 bits per heavy atom. The fourth-order valence-corrected chi connectivity index (χ4v) is 3.52. The first-order valence-corrected chi connectivity index (χ1v) is 7.39. The van der Waals surface area contributed by atoms with Crippen LogP contribution in [0.15, 0.2) is 18.3 Å². The Balaban J connectivity index is 1.98. The summed E-state index contributed by atoms with van der Waals surface area (Å²) in [5.41, 5.74) is 5.64. The van der Waals surface area contributed by atoms with E-state index < -0.39 is 5.91 Å². The molecule has 2 rings (SSSR count). The summed E-state index contributed by atoms with van der Waals surface area (Å²) in [6.07, 6.45) is 5.27. The first-order valence-electron chi connectivity index (χ1n) is 6.34. The van der Waals surface area contributed by atoms with Gasteiger partial charge in [-0.3, -0.25) is 4.79 Å². The maximum atomic E-state index is 11.0. The molecule has 1 aliphatic carbocycles. The number of hydrogen-bond donors (Lipinski definition) is 2. The zero-order valence-electron chi connectivity index (χ0n) is 10.6. The van der Waals surface area contributed by atoms with Gasteiger partial charge < -0.3 is 11.1 Å². The molecule has 0 saturated heterocycles. The zero-order chi connectivity index (χ0) is 13.0. The molecule has 1 aliphatic rings. The number of thioether (sulfide) groups is 1. The van der Waals surface area contributed by atoms with Crippen LogP contribution in [-0.2, 0) is 0 Å². The van der Waals surface area contributed by atoms with Crippen LogP contribution >= 0.6 is 11.8 Å². The summed E-state index contributed by atoms with van der Waals surface area (Å²) in [5.74, 6) is 1.54. The van der Waals surface area contributed by atoms with Gasteiger partial charge in [-0.2, -0.15) is 11.8 Å². The molecule has 98 valence electrons. The molecule has 1 heterocycles. The number of rotatable bonds is 5. The first-order chi connectivity index (χ1) is 8.70. The van der Waals surface area contributed by atoms with Crippen LogP contribution in [0.3, 0.4) is 0 Å². The smallest absolute Gasteiger partial charge is 0.250 e. The second kappa shape index (κ2) is 6.09. The van der Waals surface area contributed by atoms with E-state index in [9.17, 15) is 4.79 Å². The standard InChI is InChI=1S/C13H19N3OS/c1-2-18-11-5-3-4-10(11)16-12-7-6-9(8-15-12)13(14)17/h6-8,10-11H,2-5H2,1H3,(H2,14,17)(H,15,16). The molecule has 0 aromatic carbocycles. The largest absolute Gasteiger partial charge is 0.366 e. The summed E-state index contributed by atoms with van der Waals surface area (Å²) in [7, 11) is 0. The molecule has 1 saturated carbocycles.